The van der Waals surface area contributed by atoms with Crippen molar-refractivity contribution in [2.75, 3.05) is 0 Å². The lowest BCUT2D eigenvalue weighted by Crippen LogP contribution is -1.91. The van der Waals surface area contributed by atoms with Crippen LogP contribution in [0.25, 0.3) is 22.3 Å². The summed E-state index contributed by atoms with van der Waals surface area (Å²) in [7, 11) is 0. The van der Waals surface area contributed by atoms with E-state index in [0.717, 1.165) is 16.8 Å². The summed E-state index contributed by atoms with van der Waals surface area (Å²) in [6.07, 6.45) is 1.82. The van der Waals surface area contributed by atoms with Gasteiger partial charge < -0.3 is 0 Å². The summed E-state index contributed by atoms with van der Waals surface area (Å²) in [5, 5.41) is 0. The summed E-state index contributed by atoms with van der Waals surface area (Å²) in [4.78, 5) is 4.33. The number of rotatable bonds is 2. The van der Waals surface area contributed by atoms with Gasteiger partial charge >= 0.3 is 0 Å². The summed E-state index contributed by atoms with van der Waals surface area (Å²) in [5.74, 6) is 0. The second-order valence-corrected chi connectivity index (χ2v) is 4.41. The van der Waals surface area contributed by atoms with Gasteiger partial charge in [-0.3, -0.25) is 4.98 Å². The maximum atomic E-state index is 4.33. The lowest BCUT2D eigenvalue weighted by atomic mass is 9.94. The van der Waals surface area contributed by atoms with Gasteiger partial charge in [0.25, 0.3) is 0 Å². The molecule has 1 heteroatoms. The van der Waals surface area contributed by atoms with E-state index in [4.69, 9.17) is 0 Å². The van der Waals surface area contributed by atoms with E-state index in [1.54, 1.807) is 0 Å². The Morgan fingerprint density at radius 3 is 1.89 bits per heavy atom. The molecule has 0 saturated heterocycles. The molecule has 0 atom stereocenters. The van der Waals surface area contributed by atoms with Crippen LogP contribution in [0.15, 0.2) is 72.9 Å². The minimum atomic E-state index is 0.813. The third-order valence-corrected chi connectivity index (χ3v) is 3.18. The van der Waals surface area contributed by atoms with Gasteiger partial charge in [-0.25, -0.2) is 0 Å². The Morgan fingerprint density at radius 1 is 0.684 bits per heavy atom. The summed E-state index contributed by atoms with van der Waals surface area (Å²) < 4.78 is 0. The fraction of sp³-hybridized carbons (Fsp3) is 0. The number of hydrogen-bond donors (Lipinski definition) is 0. The monoisotopic (exact) mass is 244 g/mol. The quantitative estimate of drug-likeness (QED) is 0.642. The van der Waals surface area contributed by atoms with Gasteiger partial charge in [0.1, 0.15) is 0 Å². The molecule has 1 aromatic heterocycles. The van der Waals surface area contributed by atoms with E-state index in [1.807, 2.05) is 48.7 Å². The van der Waals surface area contributed by atoms with E-state index in [9.17, 15) is 0 Å². The average molecular weight is 244 g/mol. The number of benzene rings is 2. The van der Waals surface area contributed by atoms with Crippen molar-refractivity contribution in [3.05, 3.63) is 85.5 Å². The lowest BCUT2D eigenvalue weighted by molar-refractivity contribution is 1.27. The molecule has 1 heterocycles. The maximum absolute atomic E-state index is 4.33. The highest BCUT2D eigenvalue weighted by Crippen LogP contribution is 2.33. The second kappa shape index (κ2) is 5.07. The first-order valence-corrected chi connectivity index (χ1v) is 6.28. The molecule has 3 aromatic rings. The molecular formula is C18H14N. The van der Waals surface area contributed by atoms with Crippen molar-refractivity contribution in [3.63, 3.8) is 0 Å². The third-order valence-electron chi connectivity index (χ3n) is 3.18. The molecule has 91 valence electrons. The summed E-state index contributed by atoms with van der Waals surface area (Å²) in [6, 6.07) is 22.7. The Kier molecular flexibility index (Phi) is 3.11. The van der Waals surface area contributed by atoms with E-state index < -0.39 is 0 Å². The van der Waals surface area contributed by atoms with E-state index in [2.05, 4.69) is 36.2 Å². The summed E-state index contributed by atoms with van der Waals surface area (Å²) in [6.45, 7) is 4.07. The molecule has 0 N–H and O–H groups in total. The normalized spacial score (nSPS) is 10.4. The van der Waals surface area contributed by atoms with E-state index in [1.165, 1.54) is 11.1 Å². The summed E-state index contributed by atoms with van der Waals surface area (Å²) >= 11 is 0. The van der Waals surface area contributed by atoms with Crippen LogP contribution in [0.3, 0.4) is 0 Å². The first-order valence-electron chi connectivity index (χ1n) is 6.28. The molecule has 3 rings (SSSR count). The van der Waals surface area contributed by atoms with Crippen molar-refractivity contribution in [2.45, 2.75) is 0 Å². The Hall–Kier alpha value is -2.41. The summed E-state index contributed by atoms with van der Waals surface area (Å²) in [5.41, 5.74) is 5.43. The van der Waals surface area contributed by atoms with Crippen molar-refractivity contribution in [1.29, 1.82) is 0 Å². The number of nitrogens with zero attached hydrogens (tertiary/aromatic N) is 1. The van der Waals surface area contributed by atoms with Gasteiger partial charge in [-0.05, 0) is 29.7 Å². The zero-order valence-electron chi connectivity index (χ0n) is 10.6. The van der Waals surface area contributed by atoms with Gasteiger partial charge in [0, 0.05) is 17.5 Å². The Morgan fingerprint density at radius 2 is 1.26 bits per heavy atom. The molecule has 0 aliphatic rings. The Bertz CT molecular complexity index is 673. The van der Waals surface area contributed by atoms with Crippen molar-refractivity contribution >= 4 is 0 Å². The zero-order valence-corrected chi connectivity index (χ0v) is 10.6. The fourth-order valence-electron chi connectivity index (χ4n) is 2.29. The predicted octanol–water partition coefficient (Wildman–Crippen LogP) is 4.60. The first kappa shape index (κ1) is 11.7. The van der Waals surface area contributed by atoms with Crippen LogP contribution in [0.4, 0.5) is 0 Å². The van der Waals surface area contributed by atoms with Crippen LogP contribution in [0.5, 0.6) is 0 Å². The molecule has 0 fully saturated rings. The largest absolute Gasteiger partial charge is 0.261 e. The molecule has 0 bridgehead atoms. The maximum Gasteiger partial charge on any atom is 0.0492 e. The molecule has 1 radical (unpaired) electrons. The second-order valence-electron chi connectivity index (χ2n) is 4.41. The highest BCUT2D eigenvalue weighted by molar-refractivity contribution is 5.85. The first-order chi connectivity index (χ1) is 9.36. The SMILES string of the molecule is [CH2]c1nccc(-c2ccccc2)c1-c1ccccc1. The molecule has 19 heavy (non-hydrogen) atoms. The molecule has 1 nitrogen and oxygen atoms in total. The van der Waals surface area contributed by atoms with Gasteiger partial charge in [0.05, 0.1) is 0 Å². The van der Waals surface area contributed by atoms with Crippen molar-refractivity contribution in [3.8, 4) is 22.3 Å². The van der Waals surface area contributed by atoms with Crippen molar-refractivity contribution in [2.24, 2.45) is 0 Å². The van der Waals surface area contributed by atoms with Crippen molar-refractivity contribution < 1.29 is 0 Å². The molecule has 0 aliphatic carbocycles. The van der Waals surface area contributed by atoms with Gasteiger partial charge in [-0.15, -0.1) is 0 Å². The number of hydrogen-bond acceptors (Lipinski definition) is 1. The molecular weight excluding hydrogens is 230 g/mol. The third kappa shape index (κ3) is 2.27. The highest BCUT2D eigenvalue weighted by atomic mass is 14.7. The van der Waals surface area contributed by atoms with E-state index >= 15 is 0 Å². The molecule has 0 spiro atoms. The number of aromatic nitrogens is 1. The molecule has 0 amide bonds. The van der Waals surface area contributed by atoms with Gasteiger partial charge in [-0.2, -0.15) is 0 Å². The minimum absolute atomic E-state index is 0.813. The Labute approximate surface area is 113 Å². The van der Waals surface area contributed by atoms with Crippen LogP contribution < -0.4 is 0 Å². The van der Waals surface area contributed by atoms with Crippen LogP contribution in [0.1, 0.15) is 5.69 Å². The predicted molar refractivity (Wildman–Crippen MR) is 79.6 cm³/mol. The molecule has 0 unspecified atom stereocenters. The standard InChI is InChI=1S/C18H14N/c1-14-18(16-10-6-3-7-11-16)17(12-13-19-14)15-8-4-2-5-9-15/h2-13H,1H2. The molecule has 0 aliphatic heterocycles. The van der Waals surface area contributed by atoms with Crippen LogP contribution in [-0.4, -0.2) is 4.98 Å². The zero-order chi connectivity index (χ0) is 13.1. The average Bonchev–Trinajstić information content (AvgIpc) is 2.49. The Balaban J connectivity index is 2.25. The number of pyridine rings is 1. The van der Waals surface area contributed by atoms with Gasteiger partial charge in [-0.1, -0.05) is 60.7 Å². The van der Waals surface area contributed by atoms with Crippen molar-refractivity contribution in [1.82, 2.24) is 4.98 Å². The van der Waals surface area contributed by atoms with Gasteiger partial charge in [0.15, 0.2) is 0 Å². The molecule has 0 saturated carbocycles. The van der Waals surface area contributed by atoms with Crippen LogP contribution in [0, 0.1) is 6.92 Å². The fourth-order valence-corrected chi connectivity index (χ4v) is 2.29. The topological polar surface area (TPSA) is 12.9 Å². The smallest absolute Gasteiger partial charge is 0.0492 e. The lowest BCUT2D eigenvalue weighted by Gasteiger charge is -2.12. The molecule has 2 aromatic carbocycles. The minimum Gasteiger partial charge on any atom is -0.261 e. The van der Waals surface area contributed by atoms with Crippen LogP contribution in [-0.2, 0) is 0 Å². The van der Waals surface area contributed by atoms with E-state index in [0.29, 0.717) is 0 Å². The van der Waals surface area contributed by atoms with Gasteiger partial charge in [0.2, 0.25) is 0 Å². The van der Waals surface area contributed by atoms with Crippen LogP contribution in [0.2, 0.25) is 0 Å². The van der Waals surface area contributed by atoms with Crippen LogP contribution >= 0.6 is 0 Å². The van der Waals surface area contributed by atoms with E-state index in [-0.39, 0.29) is 0 Å². The highest BCUT2D eigenvalue weighted by Gasteiger charge is 2.10.